The molecule has 110 valence electrons. The van der Waals surface area contributed by atoms with Crippen molar-refractivity contribution in [3.63, 3.8) is 0 Å². The van der Waals surface area contributed by atoms with Crippen molar-refractivity contribution in [3.05, 3.63) is 66.9 Å². The molecule has 22 heavy (non-hydrogen) atoms. The molecule has 0 radical (unpaired) electrons. The molecule has 2 atom stereocenters. The van der Waals surface area contributed by atoms with Crippen molar-refractivity contribution in [2.24, 2.45) is 4.99 Å². The maximum atomic E-state index is 4.64. The molecule has 0 spiro atoms. The van der Waals surface area contributed by atoms with E-state index in [-0.39, 0.29) is 12.1 Å². The van der Waals surface area contributed by atoms with Crippen LogP contribution < -0.4 is 0 Å². The smallest absolute Gasteiger partial charge is 0.270 e. The van der Waals surface area contributed by atoms with Crippen molar-refractivity contribution in [2.75, 3.05) is 14.1 Å². The molecule has 3 aliphatic rings. The van der Waals surface area contributed by atoms with Gasteiger partial charge >= 0.3 is 5.96 Å². The van der Waals surface area contributed by atoms with Gasteiger partial charge in [-0.15, -0.1) is 0 Å². The van der Waals surface area contributed by atoms with Crippen LogP contribution >= 0.6 is 0 Å². The van der Waals surface area contributed by atoms with Crippen molar-refractivity contribution in [2.45, 2.75) is 12.1 Å². The third kappa shape index (κ3) is 1.82. The Kier molecular flexibility index (Phi) is 2.92. The van der Waals surface area contributed by atoms with Gasteiger partial charge in [0, 0.05) is 6.20 Å². The summed E-state index contributed by atoms with van der Waals surface area (Å²) in [5.74, 6) is 1.15. The van der Waals surface area contributed by atoms with Crippen LogP contribution in [0.5, 0.6) is 0 Å². The van der Waals surface area contributed by atoms with E-state index in [1.807, 2.05) is 36.8 Å². The van der Waals surface area contributed by atoms with Crippen molar-refractivity contribution >= 4 is 11.7 Å². The highest BCUT2D eigenvalue weighted by Crippen LogP contribution is 2.31. The summed E-state index contributed by atoms with van der Waals surface area (Å²) in [6.45, 7) is 0. The molecule has 1 aromatic rings. The Balaban J connectivity index is 1.85. The molecule has 5 nitrogen and oxygen atoms in total. The first-order valence-electron chi connectivity index (χ1n) is 7.39. The summed E-state index contributed by atoms with van der Waals surface area (Å²) in [6.07, 6.45) is 14.3. The standard InChI is InChI=1S/C17H18N5/c1-20(2)17-21-11-6-4-8-14(21)16-15(19-10-12-22(16)17)13-7-3-5-9-18-13/h3-12,14,16H,1-2H3/q+1. The average Bonchev–Trinajstić information content (AvgIpc) is 2.90. The fourth-order valence-corrected chi connectivity index (χ4v) is 3.30. The predicted octanol–water partition coefficient (Wildman–Crippen LogP) is 1.42. The summed E-state index contributed by atoms with van der Waals surface area (Å²) in [6, 6.07) is 6.33. The minimum absolute atomic E-state index is 0.137. The Morgan fingerprint density at radius 2 is 2.00 bits per heavy atom. The van der Waals surface area contributed by atoms with Crippen molar-refractivity contribution in [1.29, 1.82) is 0 Å². The molecule has 4 heterocycles. The Morgan fingerprint density at radius 1 is 1.09 bits per heavy atom. The number of hydrogen-bond donors (Lipinski definition) is 0. The van der Waals surface area contributed by atoms with Gasteiger partial charge in [0.05, 0.1) is 38.4 Å². The van der Waals surface area contributed by atoms with Gasteiger partial charge in [0.2, 0.25) is 0 Å². The minimum Gasteiger partial charge on any atom is -0.270 e. The Hall–Kier alpha value is -2.69. The van der Waals surface area contributed by atoms with Gasteiger partial charge in [-0.1, -0.05) is 12.1 Å². The highest BCUT2D eigenvalue weighted by Gasteiger charge is 2.53. The van der Waals surface area contributed by atoms with Crippen LogP contribution in [0.15, 0.2) is 66.2 Å². The SMILES string of the molecule is C[N+](C)=C1N2C=CC=CC2C2C(c3ccccn3)=NC=CN12. The molecular weight excluding hydrogens is 274 g/mol. The van der Waals surface area contributed by atoms with Gasteiger partial charge in [-0.2, -0.15) is 0 Å². The van der Waals surface area contributed by atoms with E-state index in [4.69, 9.17) is 0 Å². The molecule has 1 fully saturated rings. The van der Waals surface area contributed by atoms with E-state index in [2.05, 4.69) is 62.9 Å². The van der Waals surface area contributed by atoms with E-state index in [0.717, 1.165) is 17.4 Å². The monoisotopic (exact) mass is 292 g/mol. The number of aromatic nitrogens is 1. The van der Waals surface area contributed by atoms with Crippen LogP contribution in [0, 0.1) is 0 Å². The molecule has 3 aliphatic heterocycles. The van der Waals surface area contributed by atoms with Gasteiger partial charge in [0.25, 0.3) is 0 Å². The molecule has 0 saturated carbocycles. The third-order valence-corrected chi connectivity index (χ3v) is 4.12. The number of nitrogens with zero attached hydrogens (tertiary/aromatic N) is 5. The predicted molar refractivity (Wildman–Crippen MR) is 86.6 cm³/mol. The maximum Gasteiger partial charge on any atom is 0.360 e. The summed E-state index contributed by atoms with van der Waals surface area (Å²) in [5, 5.41) is 0. The van der Waals surface area contributed by atoms with Gasteiger partial charge in [0.1, 0.15) is 11.8 Å². The lowest BCUT2D eigenvalue weighted by atomic mass is 9.98. The van der Waals surface area contributed by atoms with E-state index in [9.17, 15) is 0 Å². The fraction of sp³-hybridized carbons (Fsp3) is 0.235. The van der Waals surface area contributed by atoms with E-state index in [0.29, 0.717) is 0 Å². The number of hydrogen-bond acceptors (Lipinski definition) is 2. The highest BCUT2D eigenvalue weighted by atomic mass is 15.5. The maximum absolute atomic E-state index is 4.64. The van der Waals surface area contributed by atoms with Crippen LogP contribution in [-0.2, 0) is 0 Å². The second kappa shape index (κ2) is 4.94. The molecule has 1 aromatic heterocycles. The Bertz CT molecular complexity index is 738. The number of aliphatic imine (C=N–C) groups is 1. The van der Waals surface area contributed by atoms with Crippen molar-refractivity contribution in [3.8, 4) is 0 Å². The topological polar surface area (TPSA) is 34.7 Å². The van der Waals surface area contributed by atoms with E-state index >= 15 is 0 Å². The summed E-state index contributed by atoms with van der Waals surface area (Å²) in [4.78, 5) is 13.7. The van der Waals surface area contributed by atoms with E-state index in [1.165, 1.54) is 0 Å². The van der Waals surface area contributed by atoms with Crippen LogP contribution in [0.2, 0.25) is 0 Å². The number of allylic oxidation sites excluding steroid dienone is 2. The van der Waals surface area contributed by atoms with Gasteiger partial charge in [-0.3, -0.25) is 14.6 Å². The fourth-order valence-electron chi connectivity index (χ4n) is 3.30. The molecule has 0 N–H and O–H groups in total. The molecule has 1 saturated heterocycles. The van der Waals surface area contributed by atoms with Gasteiger partial charge in [0.15, 0.2) is 6.04 Å². The molecule has 5 heteroatoms. The van der Waals surface area contributed by atoms with Crippen LogP contribution in [0.4, 0.5) is 0 Å². The van der Waals surface area contributed by atoms with Crippen LogP contribution in [-0.4, -0.2) is 57.2 Å². The molecule has 0 aliphatic carbocycles. The largest absolute Gasteiger partial charge is 0.360 e. The summed E-state index contributed by atoms with van der Waals surface area (Å²) < 4.78 is 2.14. The first-order valence-corrected chi connectivity index (χ1v) is 7.39. The number of rotatable bonds is 1. The molecular formula is C17H18N5+. The summed E-state index contributed by atoms with van der Waals surface area (Å²) >= 11 is 0. The van der Waals surface area contributed by atoms with Crippen molar-refractivity contribution < 1.29 is 4.58 Å². The average molecular weight is 292 g/mol. The molecule has 2 unspecified atom stereocenters. The first kappa shape index (κ1) is 13.0. The lowest BCUT2D eigenvalue weighted by molar-refractivity contribution is -0.473. The van der Waals surface area contributed by atoms with Crippen molar-refractivity contribution in [1.82, 2.24) is 14.8 Å². The van der Waals surface area contributed by atoms with Crippen LogP contribution in [0.25, 0.3) is 0 Å². The summed E-state index contributed by atoms with van der Waals surface area (Å²) in [5.41, 5.74) is 1.94. The second-order valence-corrected chi connectivity index (χ2v) is 5.70. The lowest BCUT2D eigenvalue weighted by Crippen LogP contribution is -2.43. The molecule has 0 bridgehead atoms. The van der Waals surface area contributed by atoms with E-state index in [1.54, 1.807) is 0 Å². The quantitative estimate of drug-likeness (QED) is 0.734. The molecule has 0 aromatic carbocycles. The third-order valence-electron chi connectivity index (χ3n) is 4.12. The first-order chi connectivity index (χ1) is 10.8. The number of fused-ring (bicyclic) bond motifs is 3. The van der Waals surface area contributed by atoms with Gasteiger partial charge in [-0.05, 0) is 24.3 Å². The normalized spacial score (nSPS) is 25.2. The van der Waals surface area contributed by atoms with Crippen LogP contribution in [0.1, 0.15) is 5.69 Å². The second-order valence-electron chi connectivity index (χ2n) is 5.70. The van der Waals surface area contributed by atoms with Gasteiger partial charge in [-0.25, -0.2) is 9.80 Å². The Labute approximate surface area is 129 Å². The summed E-state index contributed by atoms with van der Waals surface area (Å²) in [7, 11) is 4.14. The zero-order valence-corrected chi connectivity index (χ0v) is 12.7. The van der Waals surface area contributed by atoms with Crippen LogP contribution in [0.3, 0.4) is 0 Å². The van der Waals surface area contributed by atoms with Gasteiger partial charge < -0.3 is 0 Å². The Morgan fingerprint density at radius 3 is 2.77 bits per heavy atom. The molecule has 0 amide bonds. The zero-order chi connectivity index (χ0) is 15.1. The van der Waals surface area contributed by atoms with E-state index < -0.39 is 0 Å². The highest BCUT2D eigenvalue weighted by molar-refractivity contribution is 6.08. The zero-order valence-electron chi connectivity index (χ0n) is 12.7. The number of pyridine rings is 1. The molecule has 4 rings (SSSR count). The minimum atomic E-state index is 0.137. The lowest BCUT2D eigenvalue weighted by Gasteiger charge is -2.23. The number of guanidine groups is 1.